The molecule has 62 valence electrons. The van der Waals surface area contributed by atoms with Crippen LogP contribution in [0.1, 0.15) is 13.8 Å². The lowest BCUT2D eigenvalue weighted by Gasteiger charge is -2.09. The molecule has 0 spiro atoms. The second-order valence-corrected chi connectivity index (χ2v) is 2.64. The summed E-state index contributed by atoms with van der Waals surface area (Å²) in [6, 6.07) is 0. The van der Waals surface area contributed by atoms with Crippen molar-refractivity contribution in [3.05, 3.63) is 0 Å². The minimum absolute atomic E-state index is 0.0219. The number of rotatable bonds is 1. The van der Waals surface area contributed by atoms with Gasteiger partial charge in [0.1, 0.15) is 0 Å². The van der Waals surface area contributed by atoms with Crippen LogP contribution >= 0.6 is 0 Å². The molecule has 1 fully saturated rings. The van der Waals surface area contributed by atoms with Gasteiger partial charge in [0.05, 0.1) is 6.61 Å². The van der Waals surface area contributed by atoms with Gasteiger partial charge in [0.2, 0.25) is 6.10 Å². The fraction of sp³-hybridized carbons (Fsp3) is 0.714. The summed E-state index contributed by atoms with van der Waals surface area (Å²) in [7, 11) is 0. The van der Waals surface area contributed by atoms with Crippen LogP contribution in [-0.4, -0.2) is 24.6 Å². The van der Waals surface area contributed by atoms with Crippen LogP contribution in [0.2, 0.25) is 0 Å². The molecule has 0 aliphatic carbocycles. The molecule has 0 aromatic heterocycles. The summed E-state index contributed by atoms with van der Waals surface area (Å²) in [5, 5.41) is 0. The van der Waals surface area contributed by atoms with Crippen molar-refractivity contribution in [3.8, 4) is 0 Å². The maximum Gasteiger partial charge on any atom is 0.347 e. The molecule has 1 rings (SSSR count). The Morgan fingerprint density at radius 2 is 2.36 bits per heavy atom. The molecule has 0 N–H and O–H groups in total. The molecule has 0 radical (unpaired) electrons. The van der Waals surface area contributed by atoms with Crippen LogP contribution in [0.3, 0.4) is 0 Å². The molecular weight excluding hydrogens is 148 g/mol. The number of carbonyl (C=O) groups excluding carboxylic acids is 2. The van der Waals surface area contributed by atoms with Gasteiger partial charge in [-0.3, -0.25) is 4.79 Å². The molecule has 0 amide bonds. The first-order valence-corrected chi connectivity index (χ1v) is 3.45. The van der Waals surface area contributed by atoms with Gasteiger partial charge in [-0.15, -0.1) is 0 Å². The molecule has 0 saturated carbocycles. The van der Waals surface area contributed by atoms with Crippen molar-refractivity contribution in [1.29, 1.82) is 0 Å². The van der Waals surface area contributed by atoms with Gasteiger partial charge in [0, 0.05) is 12.8 Å². The second-order valence-electron chi connectivity index (χ2n) is 2.64. The average molecular weight is 158 g/mol. The molecule has 1 aliphatic rings. The van der Waals surface area contributed by atoms with E-state index in [2.05, 4.69) is 4.74 Å². The zero-order chi connectivity index (χ0) is 8.43. The summed E-state index contributed by atoms with van der Waals surface area (Å²) in [5.74, 6) is -0.903. The Balaban J connectivity index is 2.54. The SMILES string of the molecule is CC(=O)OC1C(=O)OCC1C. The third kappa shape index (κ3) is 1.69. The molecule has 2 unspecified atom stereocenters. The van der Waals surface area contributed by atoms with Gasteiger partial charge >= 0.3 is 11.9 Å². The minimum atomic E-state index is -0.688. The highest BCUT2D eigenvalue weighted by Gasteiger charge is 2.36. The molecule has 0 aromatic carbocycles. The van der Waals surface area contributed by atoms with E-state index in [9.17, 15) is 9.59 Å². The Bertz CT molecular complexity index is 187. The van der Waals surface area contributed by atoms with E-state index in [-0.39, 0.29) is 5.92 Å². The normalized spacial score (nSPS) is 29.8. The molecule has 4 nitrogen and oxygen atoms in total. The molecule has 1 aliphatic heterocycles. The molecule has 1 saturated heterocycles. The topological polar surface area (TPSA) is 52.6 Å². The Kier molecular flexibility index (Phi) is 2.12. The summed E-state index contributed by atoms with van der Waals surface area (Å²) >= 11 is 0. The highest BCUT2D eigenvalue weighted by Crippen LogP contribution is 2.17. The second kappa shape index (κ2) is 2.90. The van der Waals surface area contributed by atoms with Gasteiger partial charge in [0.25, 0.3) is 0 Å². The van der Waals surface area contributed by atoms with Crippen LogP contribution < -0.4 is 0 Å². The molecule has 1 heterocycles. The first-order chi connectivity index (χ1) is 5.11. The monoisotopic (exact) mass is 158 g/mol. The lowest BCUT2D eigenvalue weighted by molar-refractivity contribution is -0.159. The van der Waals surface area contributed by atoms with E-state index in [0.717, 1.165) is 0 Å². The van der Waals surface area contributed by atoms with Crippen molar-refractivity contribution in [2.75, 3.05) is 6.61 Å². The third-order valence-corrected chi connectivity index (χ3v) is 1.53. The van der Waals surface area contributed by atoms with E-state index in [1.165, 1.54) is 6.92 Å². The maximum absolute atomic E-state index is 10.8. The Morgan fingerprint density at radius 3 is 2.73 bits per heavy atom. The average Bonchev–Trinajstić information content (AvgIpc) is 2.18. The van der Waals surface area contributed by atoms with E-state index in [1.54, 1.807) is 6.92 Å². The maximum atomic E-state index is 10.8. The third-order valence-electron chi connectivity index (χ3n) is 1.53. The Labute approximate surface area is 64.5 Å². The molecule has 11 heavy (non-hydrogen) atoms. The summed E-state index contributed by atoms with van der Waals surface area (Å²) in [5.41, 5.74) is 0. The van der Waals surface area contributed by atoms with Crippen molar-refractivity contribution < 1.29 is 19.1 Å². The van der Waals surface area contributed by atoms with Gasteiger partial charge in [0.15, 0.2) is 0 Å². The molecule has 0 bridgehead atoms. The molecule has 4 heteroatoms. The predicted molar refractivity (Wildman–Crippen MR) is 35.7 cm³/mol. The predicted octanol–water partition coefficient (Wildman–Crippen LogP) is 0.111. The van der Waals surface area contributed by atoms with Gasteiger partial charge in [-0.25, -0.2) is 4.79 Å². The van der Waals surface area contributed by atoms with Gasteiger partial charge < -0.3 is 9.47 Å². The first kappa shape index (κ1) is 8.04. The van der Waals surface area contributed by atoms with Crippen molar-refractivity contribution in [3.63, 3.8) is 0 Å². The highest BCUT2D eigenvalue weighted by atomic mass is 16.6. The standard InChI is InChI=1S/C7H10O4/c1-4-3-10-7(9)6(4)11-5(2)8/h4,6H,3H2,1-2H3. The van der Waals surface area contributed by atoms with E-state index < -0.39 is 18.0 Å². The number of carbonyl (C=O) groups is 2. The van der Waals surface area contributed by atoms with Crippen LogP contribution in [0.25, 0.3) is 0 Å². The fourth-order valence-corrected chi connectivity index (χ4v) is 0.958. The lowest BCUT2D eigenvalue weighted by atomic mass is 10.1. The van der Waals surface area contributed by atoms with Gasteiger partial charge in [-0.05, 0) is 0 Å². The van der Waals surface area contributed by atoms with E-state index in [4.69, 9.17) is 4.74 Å². The van der Waals surface area contributed by atoms with Crippen molar-refractivity contribution in [1.82, 2.24) is 0 Å². The zero-order valence-electron chi connectivity index (χ0n) is 6.49. The van der Waals surface area contributed by atoms with E-state index >= 15 is 0 Å². The van der Waals surface area contributed by atoms with Gasteiger partial charge in [-0.1, -0.05) is 6.92 Å². The number of hydrogen-bond acceptors (Lipinski definition) is 4. The summed E-state index contributed by atoms with van der Waals surface area (Å²) in [6.07, 6.45) is -0.688. The van der Waals surface area contributed by atoms with Crippen molar-refractivity contribution in [2.45, 2.75) is 20.0 Å². The summed E-state index contributed by atoms with van der Waals surface area (Å²) in [4.78, 5) is 21.3. The van der Waals surface area contributed by atoms with Crippen molar-refractivity contribution >= 4 is 11.9 Å². The van der Waals surface area contributed by atoms with E-state index in [1.807, 2.05) is 0 Å². The minimum Gasteiger partial charge on any atom is -0.462 e. The molecule has 2 atom stereocenters. The quantitative estimate of drug-likeness (QED) is 0.508. The number of hydrogen-bond donors (Lipinski definition) is 0. The molecular formula is C7H10O4. The number of cyclic esters (lactones) is 1. The van der Waals surface area contributed by atoms with Crippen molar-refractivity contribution in [2.24, 2.45) is 5.92 Å². The molecule has 0 aromatic rings. The zero-order valence-corrected chi connectivity index (χ0v) is 6.49. The van der Waals surface area contributed by atoms with Gasteiger partial charge in [-0.2, -0.15) is 0 Å². The smallest absolute Gasteiger partial charge is 0.347 e. The highest BCUT2D eigenvalue weighted by molar-refractivity contribution is 5.80. The fourth-order valence-electron chi connectivity index (χ4n) is 0.958. The largest absolute Gasteiger partial charge is 0.462 e. The van der Waals surface area contributed by atoms with Crippen LogP contribution in [0.15, 0.2) is 0 Å². The van der Waals surface area contributed by atoms with Crippen LogP contribution in [0.4, 0.5) is 0 Å². The Hall–Kier alpha value is -1.06. The summed E-state index contributed by atoms with van der Waals surface area (Å²) in [6.45, 7) is 3.42. The lowest BCUT2D eigenvalue weighted by Crippen LogP contribution is -2.26. The van der Waals surface area contributed by atoms with Crippen LogP contribution in [0, 0.1) is 5.92 Å². The summed E-state index contributed by atoms with van der Waals surface area (Å²) < 4.78 is 9.38. The number of ether oxygens (including phenoxy) is 2. The van der Waals surface area contributed by atoms with Crippen LogP contribution in [0.5, 0.6) is 0 Å². The van der Waals surface area contributed by atoms with E-state index in [0.29, 0.717) is 6.61 Å². The number of esters is 2. The van der Waals surface area contributed by atoms with Crippen LogP contribution in [-0.2, 0) is 19.1 Å². The Morgan fingerprint density at radius 1 is 1.73 bits per heavy atom. The first-order valence-electron chi connectivity index (χ1n) is 3.45.